The van der Waals surface area contributed by atoms with Gasteiger partial charge in [-0.15, -0.1) is 0 Å². The van der Waals surface area contributed by atoms with Gasteiger partial charge in [0.05, 0.1) is 11.4 Å². The first-order valence-corrected chi connectivity index (χ1v) is 12.1. The Morgan fingerprint density at radius 3 is 2.54 bits per heavy atom. The van der Waals surface area contributed by atoms with Gasteiger partial charge >= 0.3 is 0 Å². The molecule has 3 aromatic carbocycles. The van der Waals surface area contributed by atoms with Gasteiger partial charge in [0.2, 0.25) is 0 Å². The lowest BCUT2D eigenvalue weighted by atomic mass is 10.1. The molecule has 3 amide bonds. The smallest absolute Gasteiger partial charge is 0.293 e. The largest absolute Gasteiger partial charge is 0.484 e. The van der Waals surface area contributed by atoms with Crippen LogP contribution in [0, 0.1) is 13.8 Å². The molecule has 8 heteroatoms. The number of hydrogen-bond acceptors (Lipinski definition) is 5. The summed E-state index contributed by atoms with van der Waals surface area (Å²) in [5.74, 6) is -0.0789. The van der Waals surface area contributed by atoms with E-state index in [1.54, 1.807) is 48.5 Å². The predicted octanol–water partition coefficient (Wildman–Crippen LogP) is 6.21. The number of rotatable bonds is 7. The maximum absolute atomic E-state index is 12.8. The fourth-order valence-corrected chi connectivity index (χ4v) is 4.61. The molecule has 1 aliphatic heterocycles. The molecule has 1 N–H and O–H groups in total. The Bertz CT molecular complexity index is 1320. The zero-order valence-corrected chi connectivity index (χ0v) is 20.8. The summed E-state index contributed by atoms with van der Waals surface area (Å²) >= 11 is 6.90. The normalized spacial score (nSPS) is 14.5. The maximum atomic E-state index is 12.8. The molecule has 35 heavy (non-hydrogen) atoms. The lowest BCUT2D eigenvalue weighted by molar-refractivity contribution is -0.123. The summed E-state index contributed by atoms with van der Waals surface area (Å²) in [6.45, 7) is 3.97. The first-order chi connectivity index (χ1) is 16.8. The third kappa shape index (κ3) is 6.32. The molecular formula is C27H23ClN2O4S. The van der Waals surface area contributed by atoms with Gasteiger partial charge in [-0.1, -0.05) is 53.6 Å². The van der Waals surface area contributed by atoms with Crippen LogP contribution in [0.2, 0.25) is 5.02 Å². The number of amides is 3. The van der Waals surface area contributed by atoms with E-state index in [1.165, 1.54) is 4.90 Å². The van der Waals surface area contributed by atoms with Crippen LogP contribution in [0.3, 0.4) is 0 Å². The van der Waals surface area contributed by atoms with Gasteiger partial charge in [-0.2, -0.15) is 0 Å². The minimum absolute atomic E-state index is 0.130. The Balaban J connectivity index is 1.34. The SMILES string of the molecule is Cc1ccc(NC(=O)COc2ccc(/C=C3\SC(=O)N(Cc4cccc(Cl)c4)C3=O)cc2)c(C)c1. The molecule has 0 radical (unpaired) electrons. The second-order valence-electron chi connectivity index (χ2n) is 8.12. The van der Waals surface area contributed by atoms with Crippen molar-refractivity contribution < 1.29 is 19.1 Å². The lowest BCUT2D eigenvalue weighted by Gasteiger charge is -2.12. The lowest BCUT2D eigenvalue weighted by Crippen LogP contribution is -2.27. The van der Waals surface area contributed by atoms with E-state index in [-0.39, 0.29) is 30.2 Å². The molecule has 1 fully saturated rings. The molecule has 3 aromatic rings. The molecule has 0 aromatic heterocycles. The number of aryl methyl sites for hydroxylation is 2. The van der Waals surface area contributed by atoms with Crippen LogP contribution in [0.4, 0.5) is 10.5 Å². The van der Waals surface area contributed by atoms with E-state index in [0.717, 1.165) is 39.7 Å². The van der Waals surface area contributed by atoms with E-state index < -0.39 is 0 Å². The van der Waals surface area contributed by atoms with Crippen LogP contribution in [0.5, 0.6) is 5.75 Å². The van der Waals surface area contributed by atoms with Crippen LogP contribution in [0.1, 0.15) is 22.3 Å². The van der Waals surface area contributed by atoms with Gasteiger partial charge in [-0.05, 0) is 78.7 Å². The van der Waals surface area contributed by atoms with E-state index in [0.29, 0.717) is 15.7 Å². The van der Waals surface area contributed by atoms with Gasteiger partial charge in [-0.25, -0.2) is 0 Å². The van der Waals surface area contributed by atoms with Gasteiger partial charge in [0, 0.05) is 10.7 Å². The van der Waals surface area contributed by atoms with E-state index in [9.17, 15) is 14.4 Å². The number of hydrogen-bond donors (Lipinski definition) is 1. The fourth-order valence-electron chi connectivity index (χ4n) is 3.55. The van der Waals surface area contributed by atoms with Gasteiger partial charge in [0.25, 0.3) is 17.1 Å². The fraction of sp³-hybridized carbons (Fsp3) is 0.148. The number of nitrogens with one attached hydrogen (secondary N) is 1. The molecule has 0 bridgehead atoms. The summed E-state index contributed by atoms with van der Waals surface area (Å²) < 4.78 is 5.58. The van der Waals surface area contributed by atoms with Gasteiger partial charge < -0.3 is 10.1 Å². The van der Waals surface area contributed by atoms with Crippen LogP contribution in [-0.4, -0.2) is 28.6 Å². The van der Waals surface area contributed by atoms with Gasteiger partial charge in [0.15, 0.2) is 6.61 Å². The van der Waals surface area contributed by atoms with E-state index in [1.807, 2.05) is 38.1 Å². The monoisotopic (exact) mass is 506 g/mol. The molecule has 0 aliphatic carbocycles. The zero-order chi connectivity index (χ0) is 24.9. The van der Waals surface area contributed by atoms with Crippen molar-refractivity contribution in [3.63, 3.8) is 0 Å². The zero-order valence-electron chi connectivity index (χ0n) is 19.2. The number of nitrogens with zero attached hydrogens (tertiary/aromatic N) is 1. The predicted molar refractivity (Wildman–Crippen MR) is 139 cm³/mol. The van der Waals surface area contributed by atoms with E-state index in [2.05, 4.69) is 5.32 Å². The van der Waals surface area contributed by atoms with Crippen LogP contribution in [0.15, 0.2) is 71.6 Å². The topological polar surface area (TPSA) is 75.7 Å². The van der Waals surface area contributed by atoms with Crippen molar-refractivity contribution in [2.24, 2.45) is 0 Å². The molecule has 6 nitrogen and oxygen atoms in total. The van der Waals surface area contributed by atoms with E-state index in [4.69, 9.17) is 16.3 Å². The Morgan fingerprint density at radius 2 is 1.83 bits per heavy atom. The first-order valence-electron chi connectivity index (χ1n) is 10.9. The van der Waals surface area contributed by atoms with Crippen molar-refractivity contribution in [1.82, 2.24) is 4.90 Å². The number of anilines is 1. The summed E-state index contributed by atoms with van der Waals surface area (Å²) in [6.07, 6.45) is 1.67. The Labute approximate surface area is 212 Å². The second-order valence-corrected chi connectivity index (χ2v) is 9.55. The van der Waals surface area contributed by atoms with Crippen LogP contribution in [-0.2, 0) is 16.1 Å². The molecule has 1 heterocycles. The van der Waals surface area contributed by atoms with Gasteiger partial charge in [-0.3, -0.25) is 19.3 Å². The Morgan fingerprint density at radius 1 is 1.06 bits per heavy atom. The second kappa shape index (κ2) is 10.8. The van der Waals surface area contributed by atoms with Gasteiger partial charge in [0.1, 0.15) is 5.75 Å². The maximum Gasteiger partial charge on any atom is 0.293 e. The molecule has 1 saturated heterocycles. The van der Waals surface area contributed by atoms with Crippen molar-refractivity contribution in [1.29, 1.82) is 0 Å². The van der Waals surface area contributed by atoms with Crippen LogP contribution >= 0.6 is 23.4 Å². The van der Waals surface area contributed by atoms with E-state index >= 15 is 0 Å². The van der Waals surface area contributed by atoms with Crippen molar-refractivity contribution in [2.45, 2.75) is 20.4 Å². The number of benzene rings is 3. The average Bonchev–Trinajstić information content (AvgIpc) is 3.08. The quantitative estimate of drug-likeness (QED) is 0.385. The molecule has 1 aliphatic rings. The molecular weight excluding hydrogens is 484 g/mol. The highest BCUT2D eigenvalue weighted by molar-refractivity contribution is 8.18. The number of ether oxygens (including phenoxy) is 1. The molecule has 178 valence electrons. The molecule has 0 unspecified atom stereocenters. The molecule has 0 atom stereocenters. The highest BCUT2D eigenvalue weighted by Gasteiger charge is 2.35. The number of imide groups is 1. The minimum atomic E-state index is -0.344. The average molecular weight is 507 g/mol. The minimum Gasteiger partial charge on any atom is -0.484 e. The number of carbonyl (C=O) groups is 3. The third-order valence-corrected chi connectivity index (χ3v) is 6.45. The highest BCUT2D eigenvalue weighted by Crippen LogP contribution is 2.33. The van der Waals surface area contributed by atoms with Crippen LogP contribution < -0.4 is 10.1 Å². The van der Waals surface area contributed by atoms with Crippen molar-refractivity contribution in [3.05, 3.63) is 98.9 Å². The van der Waals surface area contributed by atoms with Crippen molar-refractivity contribution >= 4 is 52.2 Å². The van der Waals surface area contributed by atoms with Crippen LogP contribution in [0.25, 0.3) is 6.08 Å². The number of carbonyl (C=O) groups excluding carboxylic acids is 3. The summed E-state index contributed by atoms with van der Waals surface area (Å²) in [7, 11) is 0. The highest BCUT2D eigenvalue weighted by atomic mass is 35.5. The number of halogens is 1. The third-order valence-electron chi connectivity index (χ3n) is 5.31. The Kier molecular flexibility index (Phi) is 7.58. The summed E-state index contributed by atoms with van der Waals surface area (Å²) in [5.41, 5.74) is 4.39. The molecule has 0 spiro atoms. The van der Waals surface area contributed by atoms with Crippen molar-refractivity contribution in [2.75, 3.05) is 11.9 Å². The Hall–Kier alpha value is -3.55. The summed E-state index contributed by atoms with van der Waals surface area (Å²) in [5, 5.41) is 3.07. The number of thioether (sulfide) groups is 1. The summed E-state index contributed by atoms with van der Waals surface area (Å²) in [4.78, 5) is 38.9. The molecule has 4 rings (SSSR count). The van der Waals surface area contributed by atoms with Crippen molar-refractivity contribution in [3.8, 4) is 5.75 Å². The molecule has 0 saturated carbocycles. The standard InChI is InChI=1S/C27H23ClN2O4S/c1-17-6-11-23(18(2)12-17)29-25(31)16-34-22-9-7-19(8-10-22)14-24-26(32)30(27(33)35-24)15-20-4-3-5-21(28)13-20/h3-14H,15-16H2,1-2H3,(H,29,31)/b24-14-. The summed E-state index contributed by atoms with van der Waals surface area (Å²) in [6, 6.07) is 19.8. The first kappa shape index (κ1) is 24.6.